The van der Waals surface area contributed by atoms with Crippen LogP contribution in [0.2, 0.25) is 0 Å². The summed E-state index contributed by atoms with van der Waals surface area (Å²) in [7, 11) is 12.8. The van der Waals surface area contributed by atoms with Gasteiger partial charge in [-0.25, -0.2) is 22.8 Å². The van der Waals surface area contributed by atoms with E-state index in [1.807, 2.05) is 0 Å². The Morgan fingerprint density at radius 3 is 2.00 bits per heavy atom. The fraction of sp³-hybridized carbons (Fsp3) is 0.420. The molecule has 8 nitrogen and oxygen atoms in total. The van der Waals surface area contributed by atoms with Crippen molar-refractivity contribution in [2.45, 2.75) is 77.5 Å². The smallest absolute Gasteiger partial charge is 0.243 e. The number of hydrogen-bond acceptors (Lipinski definition) is 5. The zero-order valence-corrected chi connectivity index (χ0v) is 38.3. The van der Waals surface area contributed by atoms with E-state index in [9.17, 15) is 0 Å². The summed E-state index contributed by atoms with van der Waals surface area (Å²) in [4.78, 5) is 7.07. The topological polar surface area (TPSA) is 31.2 Å². The average Bonchev–Trinajstić information content (AvgIpc) is 3.93. The van der Waals surface area contributed by atoms with Crippen molar-refractivity contribution >= 4 is 39.4 Å². The van der Waals surface area contributed by atoms with Crippen molar-refractivity contribution in [3.05, 3.63) is 157 Å². The summed E-state index contributed by atoms with van der Waals surface area (Å²) in [6.07, 6.45) is 45.1. The lowest BCUT2D eigenvalue weighted by atomic mass is 10.0. The van der Waals surface area contributed by atoms with E-state index in [0.717, 1.165) is 71.5 Å². The highest BCUT2D eigenvalue weighted by Gasteiger charge is 2.12. The van der Waals surface area contributed by atoms with Gasteiger partial charge in [-0.2, -0.15) is 0 Å². The summed E-state index contributed by atoms with van der Waals surface area (Å²) in [5.74, 6) is 2.46. The SMILES string of the molecule is CN1CC=CC=C1/C=C/C1=CC=C(N(C)CCC[n+]2ccn(CCCCSSCCCCn3cc[n+](CCCN(C)c4ccc(/C=C/c5cccc[n+]5C)cc4)c3)c2)CC1. The summed E-state index contributed by atoms with van der Waals surface area (Å²) in [6, 6.07) is 15.1. The van der Waals surface area contributed by atoms with Crippen LogP contribution in [0.4, 0.5) is 5.69 Å². The Morgan fingerprint density at radius 1 is 0.683 bits per heavy atom. The number of anilines is 1. The van der Waals surface area contributed by atoms with Crippen LogP contribution in [0, 0.1) is 0 Å². The van der Waals surface area contributed by atoms with Crippen LogP contribution in [0.1, 0.15) is 62.6 Å². The first kappa shape index (κ1) is 44.9. The van der Waals surface area contributed by atoms with Crippen molar-refractivity contribution in [3.8, 4) is 0 Å². The lowest BCUT2D eigenvalue weighted by Crippen LogP contribution is -2.33. The van der Waals surface area contributed by atoms with E-state index in [1.165, 1.54) is 71.1 Å². The quantitative estimate of drug-likeness (QED) is 0.0378. The monoisotopic (exact) mass is 846 g/mol. The van der Waals surface area contributed by atoms with Gasteiger partial charge in [-0.3, -0.25) is 0 Å². The molecule has 0 unspecified atom stereocenters. The van der Waals surface area contributed by atoms with E-state index in [-0.39, 0.29) is 0 Å². The second kappa shape index (κ2) is 24.6. The van der Waals surface area contributed by atoms with Crippen LogP contribution in [0.5, 0.6) is 0 Å². The molecule has 60 heavy (non-hydrogen) atoms. The number of nitrogens with zero attached hydrogens (tertiary/aromatic N) is 8. The van der Waals surface area contributed by atoms with Gasteiger partial charge in [0.15, 0.2) is 6.20 Å². The van der Waals surface area contributed by atoms with Crippen molar-refractivity contribution in [2.24, 2.45) is 7.05 Å². The number of hydrogen-bond donors (Lipinski definition) is 0. The highest BCUT2D eigenvalue weighted by Crippen LogP contribution is 2.25. The van der Waals surface area contributed by atoms with Crippen LogP contribution in [0.3, 0.4) is 0 Å². The van der Waals surface area contributed by atoms with Gasteiger partial charge in [0.25, 0.3) is 0 Å². The highest BCUT2D eigenvalue weighted by molar-refractivity contribution is 8.76. The summed E-state index contributed by atoms with van der Waals surface area (Å²) in [5, 5.41) is 0. The largest absolute Gasteiger partial charge is 0.378 e. The molecular weight excluding hydrogens is 777 g/mol. The second-order valence-corrected chi connectivity index (χ2v) is 18.9. The molecule has 0 saturated carbocycles. The molecule has 3 aromatic heterocycles. The lowest BCUT2D eigenvalue weighted by Gasteiger charge is -2.25. The van der Waals surface area contributed by atoms with Gasteiger partial charge >= 0.3 is 0 Å². The number of aromatic nitrogens is 5. The predicted molar refractivity (Wildman–Crippen MR) is 255 cm³/mol. The Bertz CT molecular complexity index is 2090. The third kappa shape index (κ3) is 15.1. The van der Waals surface area contributed by atoms with Crippen LogP contribution in [0.25, 0.3) is 12.2 Å². The van der Waals surface area contributed by atoms with E-state index < -0.39 is 0 Å². The number of likely N-dealkylation sites (N-methyl/N-ethyl adjacent to an activating group) is 1. The Kier molecular flexibility index (Phi) is 18.4. The predicted octanol–water partition coefficient (Wildman–Crippen LogP) is 8.90. The normalized spacial score (nSPS) is 14.3. The van der Waals surface area contributed by atoms with Gasteiger partial charge in [0.2, 0.25) is 18.3 Å². The summed E-state index contributed by atoms with van der Waals surface area (Å²) in [6.45, 7) is 7.39. The third-order valence-electron chi connectivity index (χ3n) is 11.4. The molecule has 10 heteroatoms. The molecular formula is C50H69N8S2+3. The van der Waals surface area contributed by atoms with E-state index in [0.29, 0.717) is 0 Å². The summed E-state index contributed by atoms with van der Waals surface area (Å²) < 4.78 is 11.5. The number of unbranched alkanes of at least 4 members (excludes halogenated alkanes) is 2. The van der Waals surface area contributed by atoms with Gasteiger partial charge in [-0.1, -0.05) is 58.0 Å². The maximum atomic E-state index is 2.44. The molecule has 0 bridgehead atoms. The molecule has 0 N–H and O–H groups in total. The maximum Gasteiger partial charge on any atom is 0.243 e. The van der Waals surface area contributed by atoms with Gasteiger partial charge in [0, 0.05) is 100 Å². The Hall–Kier alpha value is -4.67. The van der Waals surface area contributed by atoms with Gasteiger partial charge in [-0.15, -0.1) is 0 Å². The molecule has 2 aliphatic rings. The summed E-state index contributed by atoms with van der Waals surface area (Å²) in [5.41, 5.74) is 7.79. The van der Waals surface area contributed by atoms with Crippen molar-refractivity contribution < 1.29 is 13.7 Å². The third-order valence-corrected chi connectivity index (χ3v) is 14.0. The van der Waals surface area contributed by atoms with Gasteiger partial charge in [0.05, 0.1) is 26.2 Å². The molecule has 1 aromatic carbocycles. The first-order valence-electron chi connectivity index (χ1n) is 22.0. The molecule has 318 valence electrons. The zero-order valence-electron chi connectivity index (χ0n) is 36.7. The van der Waals surface area contributed by atoms with Crippen LogP contribution >= 0.6 is 21.6 Å². The molecule has 0 fully saturated rings. The fourth-order valence-electron chi connectivity index (χ4n) is 7.51. The molecule has 0 radical (unpaired) electrons. The molecule has 1 aliphatic heterocycles. The van der Waals surface area contributed by atoms with Gasteiger partial charge in [-0.05, 0) is 92.2 Å². The molecule has 0 saturated heterocycles. The molecule has 0 atom stereocenters. The van der Waals surface area contributed by atoms with Gasteiger partial charge in [0.1, 0.15) is 31.8 Å². The van der Waals surface area contributed by atoms with Crippen molar-refractivity contribution in [3.63, 3.8) is 0 Å². The first-order chi connectivity index (χ1) is 29.4. The lowest BCUT2D eigenvalue weighted by molar-refractivity contribution is -0.696. The van der Waals surface area contributed by atoms with Crippen LogP contribution in [-0.4, -0.2) is 71.2 Å². The molecule has 4 heterocycles. The minimum atomic E-state index is 0.983. The molecule has 1 aliphatic carbocycles. The zero-order chi connectivity index (χ0) is 41.8. The fourth-order valence-corrected chi connectivity index (χ4v) is 9.81. The van der Waals surface area contributed by atoms with E-state index in [2.05, 4.69) is 228 Å². The van der Waals surface area contributed by atoms with Crippen LogP contribution in [-0.2, 0) is 33.2 Å². The van der Waals surface area contributed by atoms with Crippen molar-refractivity contribution in [2.75, 3.05) is 57.2 Å². The Labute approximate surface area is 369 Å². The van der Waals surface area contributed by atoms with E-state index in [1.54, 1.807) is 0 Å². The average molecular weight is 846 g/mol. The second-order valence-electron chi connectivity index (χ2n) is 16.2. The minimum absolute atomic E-state index is 0.983. The number of rotatable bonds is 25. The van der Waals surface area contributed by atoms with E-state index in [4.69, 9.17) is 0 Å². The Morgan fingerprint density at radius 2 is 1.37 bits per heavy atom. The maximum absolute atomic E-state index is 2.44. The number of imidazole rings is 2. The highest BCUT2D eigenvalue weighted by atomic mass is 33.1. The van der Waals surface area contributed by atoms with Crippen LogP contribution < -0.4 is 18.6 Å². The molecule has 4 aromatic rings. The molecule has 6 rings (SSSR count). The number of pyridine rings is 1. The minimum Gasteiger partial charge on any atom is -0.378 e. The first-order valence-corrected chi connectivity index (χ1v) is 24.5. The number of benzene rings is 1. The Balaban J connectivity index is 0.747. The molecule has 0 spiro atoms. The number of allylic oxidation sites excluding steroid dienone is 8. The number of aryl methyl sites for hydroxylation is 5. The van der Waals surface area contributed by atoms with E-state index >= 15 is 0 Å². The van der Waals surface area contributed by atoms with Crippen molar-refractivity contribution in [1.29, 1.82) is 0 Å². The summed E-state index contributed by atoms with van der Waals surface area (Å²) >= 11 is 0. The van der Waals surface area contributed by atoms with Crippen LogP contribution in [0.15, 0.2) is 146 Å². The molecule has 0 amide bonds. The van der Waals surface area contributed by atoms with Crippen molar-refractivity contribution in [1.82, 2.24) is 18.9 Å². The standard InChI is InChI=1S/C50H69N8S2/c1-51-29-7-5-15-47(51)23-17-45-19-25-49(26-20-45)53(3)31-13-35-57-39-37-55(43-57)33-9-11-41-59-60-42-12-10-34-56-38-40-58(44-56)36-14-32-54(4)50-27-21-46(22-28-50)18-24-48-16-6-8-30-52(48)2/h5-8,15-21,23-27,29,37-40,43-44H,9-14,22,28,30-36,41-42H2,1-4H3/q+3/b24-18+. The van der Waals surface area contributed by atoms with Gasteiger partial charge < -0.3 is 14.7 Å².